The predicted molar refractivity (Wildman–Crippen MR) is 139 cm³/mol. The summed E-state index contributed by atoms with van der Waals surface area (Å²) in [6.07, 6.45) is -0.715. The van der Waals surface area contributed by atoms with Crippen molar-refractivity contribution in [3.63, 3.8) is 0 Å². The second kappa shape index (κ2) is 11.3. The number of carbonyl (C=O) groups is 2. The Labute approximate surface area is 208 Å². The monoisotopic (exact) mass is 491 g/mol. The predicted octanol–water partition coefficient (Wildman–Crippen LogP) is 4.28. The minimum Gasteiger partial charge on any atom is -0.480 e. The number of rotatable bonds is 9. The van der Waals surface area contributed by atoms with Gasteiger partial charge in [-0.1, -0.05) is 112 Å². The van der Waals surface area contributed by atoms with Gasteiger partial charge in [0.1, 0.15) is 6.61 Å². The number of nitrogens with zero attached hydrogens (tertiary/aromatic N) is 1. The highest BCUT2D eigenvalue weighted by Gasteiger charge is 2.51. The van der Waals surface area contributed by atoms with Crippen LogP contribution in [0.3, 0.4) is 0 Å². The lowest BCUT2D eigenvalue weighted by Crippen LogP contribution is -2.67. The van der Waals surface area contributed by atoms with E-state index in [2.05, 4.69) is 20.8 Å². The zero-order valence-electron chi connectivity index (χ0n) is 20.7. The minimum atomic E-state index is -2.95. The second-order valence-corrected chi connectivity index (χ2v) is 13.8. The quantitative estimate of drug-likeness (QED) is 0.452. The maximum Gasteiger partial charge on any atom is 0.410 e. The normalized spacial score (nSPS) is 12.6. The van der Waals surface area contributed by atoms with Crippen LogP contribution in [0.4, 0.5) is 4.79 Å². The van der Waals surface area contributed by atoms with Gasteiger partial charge in [0.05, 0.1) is 6.61 Å². The number of carboxylic acid groups (broad SMARTS) is 1. The summed E-state index contributed by atoms with van der Waals surface area (Å²) in [4.78, 5) is 26.1. The molecule has 0 aliphatic carbocycles. The molecule has 3 aromatic rings. The third-order valence-corrected chi connectivity index (χ3v) is 11.1. The van der Waals surface area contributed by atoms with Crippen LogP contribution in [0.15, 0.2) is 91.0 Å². The lowest BCUT2D eigenvalue weighted by atomic mass is 10.2. The maximum absolute atomic E-state index is 12.7. The van der Waals surface area contributed by atoms with E-state index in [1.54, 1.807) is 0 Å². The van der Waals surface area contributed by atoms with E-state index in [4.69, 9.17) is 9.16 Å². The Morgan fingerprint density at radius 1 is 0.857 bits per heavy atom. The molecule has 0 aliphatic heterocycles. The zero-order chi connectivity index (χ0) is 25.5. The number of hydrogen-bond acceptors (Lipinski definition) is 4. The van der Waals surface area contributed by atoms with Crippen molar-refractivity contribution in [2.75, 3.05) is 13.7 Å². The van der Waals surface area contributed by atoms with Crippen molar-refractivity contribution in [1.29, 1.82) is 0 Å². The van der Waals surface area contributed by atoms with Gasteiger partial charge in [0.25, 0.3) is 8.32 Å². The fourth-order valence-corrected chi connectivity index (χ4v) is 8.83. The van der Waals surface area contributed by atoms with Gasteiger partial charge in [-0.25, -0.2) is 9.59 Å². The van der Waals surface area contributed by atoms with Gasteiger partial charge in [-0.05, 0) is 21.0 Å². The van der Waals surface area contributed by atoms with Gasteiger partial charge < -0.3 is 14.3 Å². The largest absolute Gasteiger partial charge is 0.480 e. The van der Waals surface area contributed by atoms with Crippen LogP contribution in [0.2, 0.25) is 5.04 Å². The lowest BCUT2D eigenvalue weighted by molar-refractivity contribution is -0.143. The molecule has 1 atom stereocenters. The van der Waals surface area contributed by atoms with Crippen LogP contribution in [-0.2, 0) is 20.6 Å². The smallest absolute Gasteiger partial charge is 0.410 e. The number of ether oxygens (including phenoxy) is 1. The summed E-state index contributed by atoms with van der Waals surface area (Å²) in [6, 6.07) is 28.0. The highest BCUT2D eigenvalue weighted by atomic mass is 28.4. The topological polar surface area (TPSA) is 76.1 Å². The van der Waals surface area contributed by atoms with E-state index < -0.39 is 26.4 Å². The summed E-state index contributed by atoms with van der Waals surface area (Å²) in [5, 5.41) is 11.8. The van der Waals surface area contributed by atoms with Crippen LogP contribution < -0.4 is 10.4 Å². The third kappa shape index (κ3) is 5.99. The Kier molecular flexibility index (Phi) is 8.48. The van der Waals surface area contributed by atoms with Crippen molar-refractivity contribution in [2.24, 2.45) is 0 Å². The van der Waals surface area contributed by atoms with Crippen LogP contribution in [-0.4, -0.2) is 50.1 Å². The van der Waals surface area contributed by atoms with Gasteiger partial charge in [-0.15, -0.1) is 0 Å². The van der Waals surface area contributed by atoms with Gasteiger partial charge in [-0.3, -0.25) is 4.90 Å². The van der Waals surface area contributed by atoms with Crippen molar-refractivity contribution in [1.82, 2.24) is 4.90 Å². The number of benzene rings is 3. The summed E-state index contributed by atoms with van der Waals surface area (Å²) in [5.41, 5.74) is 0.824. The molecule has 0 aromatic heterocycles. The van der Waals surface area contributed by atoms with Gasteiger partial charge >= 0.3 is 12.1 Å². The summed E-state index contributed by atoms with van der Waals surface area (Å²) in [7, 11) is -1.52. The molecule has 0 spiro atoms. The van der Waals surface area contributed by atoms with Gasteiger partial charge in [-0.2, -0.15) is 0 Å². The number of aliphatic carboxylic acids is 1. The van der Waals surface area contributed by atoms with Crippen molar-refractivity contribution in [3.8, 4) is 0 Å². The molecule has 0 aliphatic rings. The molecular formula is C28H33NO5Si. The first-order valence-corrected chi connectivity index (χ1v) is 13.5. The van der Waals surface area contributed by atoms with Gasteiger partial charge in [0, 0.05) is 7.05 Å². The summed E-state index contributed by atoms with van der Waals surface area (Å²) in [5.74, 6) is -1.15. The molecule has 1 N–H and O–H groups in total. The van der Waals surface area contributed by atoms with E-state index in [0.717, 1.165) is 20.8 Å². The standard InChI is InChI=1S/C28H33NO5Si/c1-28(2,3)35(23-16-10-6-11-17-23,24-18-12-7-13-19-24)34-21-25(26(30)31)29(4)27(32)33-20-22-14-8-5-9-15-22/h5-19,25H,20-21H2,1-4H3,(H,30,31). The Morgan fingerprint density at radius 2 is 1.31 bits per heavy atom. The molecule has 3 rings (SSSR count). The van der Waals surface area contributed by atoms with Gasteiger partial charge in [0.15, 0.2) is 6.04 Å². The van der Waals surface area contributed by atoms with E-state index in [0.29, 0.717) is 0 Å². The third-order valence-electron chi connectivity index (χ3n) is 6.12. The van der Waals surface area contributed by atoms with Crippen molar-refractivity contribution < 1.29 is 23.9 Å². The molecule has 1 amide bonds. The molecule has 1 unspecified atom stereocenters. The molecule has 0 saturated heterocycles. The van der Waals surface area contributed by atoms with Crippen molar-refractivity contribution in [2.45, 2.75) is 38.5 Å². The fourth-order valence-electron chi connectivity index (χ4n) is 4.26. The van der Waals surface area contributed by atoms with E-state index in [-0.39, 0.29) is 18.3 Å². The van der Waals surface area contributed by atoms with E-state index in [1.807, 2.05) is 91.0 Å². The first-order chi connectivity index (χ1) is 16.7. The average Bonchev–Trinajstić information content (AvgIpc) is 2.85. The molecule has 35 heavy (non-hydrogen) atoms. The molecule has 6 nitrogen and oxygen atoms in total. The molecule has 7 heteroatoms. The summed E-state index contributed by atoms with van der Waals surface area (Å²) in [6.45, 7) is 6.25. The number of carbonyl (C=O) groups excluding carboxylic acids is 1. The Bertz CT molecular complexity index is 1060. The Morgan fingerprint density at radius 3 is 1.74 bits per heavy atom. The highest BCUT2D eigenvalue weighted by Crippen LogP contribution is 2.37. The van der Waals surface area contributed by atoms with Crippen LogP contribution in [0.1, 0.15) is 26.3 Å². The molecule has 0 fully saturated rings. The number of amides is 1. The summed E-state index contributed by atoms with van der Waals surface area (Å²) >= 11 is 0. The molecule has 0 heterocycles. The number of likely N-dealkylation sites (N-methyl/N-ethyl adjacent to an activating group) is 1. The van der Waals surface area contributed by atoms with Crippen LogP contribution in [0, 0.1) is 0 Å². The molecule has 184 valence electrons. The molecule has 0 saturated carbocycles. The van der Waals surface area contributed by atoms with Crippen LogP contribution in [0.5, 0.6) is 0 Å². The fraction of sp³-hybridized carbons (Fsp3) is 0.286. The SMILES string of the molecule is CN(C(=O)OCc1ccccc1)C(CO[Si](c1ccccc1)(c1ccccc1)C(C)(C)C)C(=O)O. The lowest BCUT2D eigenvalue weighted by Gasteiger charge is -2.43. The highest BCUT2D eigenvalue weighted by molar-refractivity contribution is 6.99. The zero-order valence-corrected chi connectivity index (χ0v) is 21.7. The van der Waals surface area contributed by atoms with Crippen molar-refractivity contribution >= 4 is 30.8 Å². The van der Waals surface area contributed by atoms with Crippen LogP contribution in [0.25, 0.3) is 0 Å². The molecule has 3 aromatic carbocycles. The second-order valence-electron chi connectivity index (χ2n) is 9.48. The molecule has 0 bridgehead atoms. The van der Waals surface area contributed by atoms with Crippen LogP contribution >= 0.6 is 0 Å². The van der Waals surface area contributed by atoms with Gasteiger partial charge in [0.2, 0.25) is 0 Å². The molecular weight excluding hydrogens is 458 g/mol. The first-order valence-electron chi connectivity index (χ1n) is 11.6. The van der Waals surface area contributed by atoms with Crippen molar-refractivity contribution in [3.05, 3.63) is 96.6 Å². The maximum atomic E-state index is 12.7. The average molecular weight is 492 g/mol. The minimum absolute atomic E-state index is 0.0614. The summed E-state index contributed by atoms with van der Waals surface area (Å²) < 4.78 is 12.1. The number of carboxylic acids is 1. The van der Waals surface area contributed by atoms with E-state index >= 15 is 0 Å². The van der Waals surface area contributed by atoms with E-state index in [9.17, 15) is 14.7 Å². The Hall–Kier alpha value is -3.42. The number of hydrogen-bond donors (Lipinski definition) is 1. The van der Waals surface area contributed by atoms with E-state index in [1.165, 1.54) is 7.05 Å². The Balaban J connectivity index is 1.89. The first kappa shape index (κ1) is 26.2. The molecule has 0 radical (unpaired) electrons.